The molecule has 0 aliphatic heterocycles. The second kappa shape index (κ2) is 14.7. The molecule has 0 N–H and O–H groups in total. The first kappa shape index (κ1) is 27.8. The highest BCUT2D eigenvalue weighted by molar-refractivity contribution is 4.62. The summed E-state index contributed by atoms with van der Waals surface area (Å²) in [7, 11) is 0. The van der Waals surface area contributed by atoms with E-state index in [1.54, 1.807) is 6.92 Å². The van der Waals surface area contributed by atoms with Crippen LogP contribution in [-0.2, 0) is 24.3 Å². The van der Waals surface area contributed by atoms with Gasteiger partial charge >= 0.3 is 0 Å². The maximum Gasteiger partial charge on any atom is 0.254 e. The van der Waals surface area contributed by atoms with E-state index in [0.717, 1.165) is 6.42 Å². The quantitative estimate of drug-likeness (QED) is 0.112. The normalized spacial score (nSPS) is 13.3. The lowest BCUT2D eigenvalue weighted by molar-refractivity contribution is -0.540. The number of rotatable bonds is 17. The van der Waals surface area contributed by atoms with Crippen molar-refractivity contribution in [3.63, 3.8) is 0 Å². The zero-order valence-electron chi connectivity index (χ0n) is 20.0. The van der Waals surface area contributed by atoms with Crippen molar-refractivity contribution in [1.29, 1.82) is 0 Å². The van der Waals surface area contributed by atoms with Crippen molar-refractivity contribution >= 4 is 0 Å². The van der Waals surface area contributed by atoms with Gasteiger partial charge in [0.05, 0.1) is 11.2 Å². The fourth-order valence-corrected chi connectivity index (χ4v) is 2.44. The maximum atomic E-state index is 5.79. The van der Waals surface area contributed by atoms with Gasteiger partial charge in [0, 0.05) is 6.61 Å². The van der Waals surface area contributed by atoms with Gasteiger partial charge in [0.1, 0.15) is 6.61 Å². The number of hydrogen-bond acceptors (Lipinski definition) is 5. The summed E-state index contributed by atoms with van der Waals surface area (Å²) < 4.78 is 5.79. The fourth-order valence-electron chi connectivity index (χ4n) is 2.44. The third-order valence-corrected chi connectivity index (χ3v) is 3.94. The van der Waals surface area contributed by atoms with Gasteiger partial charge in [-0.1, -0.05) is 64.7 Å². The number of hydrogen-bond donors (Lipinski definition) is 0. The summed E-state index contributed by atoms with van der Waals surface area (Å²) >= 11 is 0. The van der Waals surface area contributed by atoms with E-state index in [-0.39, 0.29) is 6.61 Å². The second-order valence-electron chi connectivity index (χ2n) is 9.93. The van der Waals surface area contributed by atoms with E-state index in [0.29, 0.717) is 6.61 Å². The minimum atomic E-state index is -1.11. The smallest absolute Gasteiger partial charge is 0.254 e. The molecule has 0 aromatic carbocycles. The van der Waals surface area contributed by atoms with Crippen LogP contribution in [-0.4, -0.2) is 30.2 Å². The Morgan fingerprint density at radius 2 is 0.893 bits per heavy atom. The van der Waals surface area contributed by atoms with Crippen LogP contribution in [0.3, 0.4) is 0 Å². The Bertz CT molecular complexity index is 339. The van der Waals surface area contributed by atoms with Crippen molar-refractivity contribution in [1.82, 2.24) is 0 Å². The molecule has 0 spiro atoms. The van der Waals surface area contributed by atoms with E-state index in [1.165, 1.54) is 57.8 Å². The van der Waals surface area contributed by atoms with E-state index < -0.39 is 17.0 Å². The highest BCUT2D eigenvalue weighted by Gasteiger charge is 2.34. The van der Waals surface area contributed by atoms with Crippen molar-refractivity contribution < 1.29 is 24.3 Å². The molecule has 0 aromatic heterocycles. The Balaban J connectivity index is 3.94. The number of unbranched alkanes of at least 4 members (excludes halogenated alkanes) is 9. The predicted molar refractivity (Wildman–Crippen MR) is 115 cm³/mol. The zero-order chi connectivity index (χ0) is 21.5. The first-order valence-electron chi connectivity index (χ1n) is 11.3. The summed E-state index contributed by atoms with van der Waals surface area (Å²) in [5.41, 5.74) is -0.883. The Hall–Kier alpha value is -0.200. The van der Waals surface area contributed by atoms with Gasteiger partial charge < -0.3 is 4.74 Å². The largest absolute Gasteiger partial charge is 0.376 e. The molecule has 170 valence electrons. The van der Waals surface area contributed by atoms with Crippen LogP contribution in [0.15, 0.2) is 0 Å². The molecule has 0 unspecified atom stereocenters. The molecular weight excluding hydrogens is 356 g/mol. The molecule has 0 heterocycles. The van der Waals surface area contributed by atoms with Crippen LogP contribution in [0.1, 0.15) is 120 Å². The Labute approximate surface area is 174 Å². The molecule has 0 aliphatic carbocycles. The SMILES string of the molecule is CCCCCCCCCCCCOCC(C)(OOC(C)(C)C)OOC(C)(C)C. The molecule has 0 amide bonds. The zero-order valence-corrected chi connectivity index (χ0v) is 20.0. The predicted octanol–water partition coefficient (Wildman–Crippen LogP) is 7.13. The first-order chi connectivity index (χ1) is 13.0. The third-order valence-electron chi connectivity index (χ3n) is 3.94. The Morgan fingerprint density at radius 3 is 1.29 bits per heavy atom. The van der Waals surface area contributed by atoms with Crippen molar-refractivity contribution in [2.24, 2.45) is 0 Å². The van der Waals surface area contributed by atoms with Gasteiger partial charge in [-0.05, 0) is 54.9 Å². The molecule has 0 aromatic rings. The minimum absolute atomic E-state index is 0.247. The van der Waals surface area contributed by atoms with Crippen molar-refractivity contribution in [2.45, 2.75) is 137 Å². The molecule has 0 radical (unpaired) electrons. The van der Waals surface area contributed by atoms with Crippen molar-refractivity contribution in [3.8, 4) is 0 Å². The lowest BCUT2D eigenvalue weighted by Crippen LogP contribution is -2.42. The molecule has 28 heavy (non-hydrogen) atoms. The van der Waals surface area contributed by atoms with E-state index in [9.17, 15) is 0 Å². The summed E-state index contributed by atoms with van der Waals surface area (Å²) in [6.07, 6.45) is 13.1. The fraction of sp³-hybridized carbons (Fsp3) is 1.00. The van der Waals surface area contributed by atoms with Gasteiger partial charge in [-0.2, -0.15) is 9.78 Å². The van der Waals surface area contributed by atoms with Gasteiger partial charge in [-0.25, -0.2) is 9.78 Å². The van der Waals surface area contributed by atoms with Crippen LogP contribution in [0.25, 0.3) is 0 Å². The van der Waals surface area contributed by atoms with Gasteiger partial charge in [-0.3, -0.25) is 0 Å². The first-order valence-corrected chi connectivity index (χ1v) is 11.3. The van der Waals surface area contributed by atoms with E-state index in [4.69, 9.17) is 24.3 Å². The Kier molecular flexibility index (Phi) is 14.6. The van der Waals surface area contributed by atoms with Gasteiger partial charge in [0.15, 0.2) is 0 Å². The summed E-state index contributed by atoms with van der Waals surface area (Å²) in [5.74, 6) is -1.11. The summed E-state index contributed by atoms with van der Waals surface area (Å²) in [6, 6.07) is 0. The number of ether oxygens (including phenoxy) is 1. The Morgan fingerprint density at radius 1 is 0.500 bits per heavy atom. The molecule has 5 heteroatoms. The van der Waals surface area contributed by atoms with Gasteiger partial charge in [0.25, 0.3) is 5.79 Å². The topological polar surface area (TPSA) is 46.2 Å². The minimum Gasteiger partial charge on any atom is -0.376 e. The van der Waals surface area contributed by atoms with Crippen LogP contribution >= 0.6 is 0 Å². The lowest BCUT2D eigenvalue weighted by atomic mass is 10.1. The van der Waals surface area contributed by atoms with Gasteiger partial charge in [0.2, 0.25) is 0 Å². The summed E-state index contributed by atoms with van der Waals surface area (Å²) in [6.45, 7) is 16.5. The molecule has 0 saturated carbocycles. The van der Waals surface area contributed by atoms with E-state index >= 15 is 0 Å². The maximum absolute atomic E-state index is 5.79. The molecule has 0 fully saturated rings. The molecule has 0 saturated heterocycles. The van der Waals surface area contributed by atoms with E-state index in [2.05, 4.69) is 6.92 Å². The molecular formula is C23H48O5. The summed E-state index contributed by atoms with van der Waals surface area (Å²) in [4.78, 5) is 21.9. The van der Waals surface area contributed by atoms with Gasteiger partial charge in [-0.15, -0.1) is 0 Å². The van der Waals surface area contributed by atoms with Crippen LogP contribution in [0.2, 0.25) is 0 Å². The summed E-state index contributed by atoms with van der Waals surface area (Å²) in [5, 5.41) is 0. The molecule has 0 aliphatic rings. The van der Waals surface area contributed by atoms with Crippen molar-refractivity contribution in [2.75, 3.05) is 13.2 Å². The van der Waals surface area contributed by atoms with Crippen LogP contribution in [0.4, 0.5) is 0 Å². The van der Waals surface area contributed by atoms with Crippen LogP contribution < -0.4 is 0 Å². The van der Waals surface area contributed by atoms with Crippen LogP contribution in [0.5, 0.6) is 0 Å². The van der Waals surface area contributed by atoms with Crippen molar-refractivity contribution in [3.05, 3.63) is 0 Å². The average molecular weight is 405 g/mol. The van der Waals surface area contributed by atoms with Crippen LogP contribution in [0, 0.1) is 0 Å². The monoisotopic (exact) mass is 404 g/mol. The highest BCUT2D eigenvalue weighted by Crippen LogP contribution is 2.22. The van der Waals surface area contributed by atoms with E-state index in [1.807, 2.05) is 41.5 Å². The standard InChI is InChI=1S/C23H48O5/c1-9-10-11-12-13-14-15-16-17-18-19-24-20-23(8,27-25-21(2,3)4)28-26-22(5,6)7/h9-20H2,1-8H3. The lowest BCUT2D eigenvalue weighted by Gasteiger charge is -2.32. The highest BCUT2D eigenvalue weighted by atomic mass is 17.3. The molecule has 5 nitrogen and oxygen atoms in total. The molecule has 0 atom stereocenters. The molecule has 0 bridgehead atoms. The molecule has 0 rings (SSSR count). The second-order valence-corrected chi connectivity index (χ2v) is 9.93. The average Bonchev–Trinajstić information content (AvgIpc) is 2.58. The third kappa shape index (κ3) is 19.1.